The zero-order valence-corrected chi connectivity index (χ0v) is 15.1. The first kappa shape index (κ1) is 20.4. The summed E-state index contributed by atoms with van der Waals surface area (Å²) in [7, 11) is 0. The molecule has 1 aliphatic carbocycles. The number of rotatable bonds is 4. The second-order valence-electron chi connectivity index (χ2n) is 7.07. The van der Waals surface area contributed by atoms with Crippen LogP contribution < -0.4 is 10.2 Å². The molecule has 3 rings (SSSR count). The molecule has 0 bridgehead atoms. The number of aliphatic hydroxyl groups is 1. The molecule has 1 aromatic carbocycles. The van der Waals surface area contributed by atoms with Crippen molar-refractivity contribution in [3.8, 4) is 0 Å². The van der Waals surface area contributed by atoms with Crippen molar-refractivity contribution in [2.75, 3.05) is 18.0 Å². The van der Waals surface area contributed by atoms with Crippen molar-refractivity contribution >= 4 is 17.7 Å². The SMILES string of the molecule is CC(=O)NC[C@H]1CN(c2cc(F)c([C@H]3CCC(O)C(F)C3)c(F)c2F)C(=O)O1. The van der Waals surface area contributed by atoms with Gasteiger partial charge in [-0.05, 0) is 25.2 Å². The van der Waals surface area contributed by atoms with E-state index in [1.807, 2.05) is 0 Å². The van der Waals surface area contributed by atoms with Gasteiger partial charge in [-0.3, -0.25) is 9.69 Å². The monoisotopic (exact) mass is 404 g/mol. The van der Waals surface area contributed by atoms with E-state index in [4.69, 9.17) is 4.74 Å². The molecule has 10 heteroatoms. The van der Waals surface area contributed by atoms with Gasteiger partial charge in [0.15, 0.2) is 11.6 Å². The summed E-state index contributed by atoms with van der Waals surface area (Å²) in [5.74, 6) is -5.29. The standard InChI is InChI=1S/C18H20F4N2O4/c1-8(25)23-6-10-7-24(18(27)28-10)13-5-12(20)15(17(22)16(13)21)9-2-3-14(26)11(19)4-9/h5,9-11,14,26H,2-4,6-7H2,1H3,(H,23,25)/t9-,10-,11?,14?/m0/s1. The van der Waals surface area contributed by atoms with Crippen molar-refractivity contribution in [1.82, 2.24) is 5.32 Å². The molecular formula is C18H20F4N2O4. The highest BCUT2D eigenvalue weighted by Gasteiger charge is 2.38. The summed E-state index contributed by atoms with van der Waals surface area (Å²) >= 11 is 0. The smallest absolute Gasteiger partial charge is 0.414 e. The highest BCUT2D eigenvalue weighted by atomic mass is 19.2. The fraction of sp³-hybridized carbons (Fsp3) is 0.556. The van der Waals surface area contributed by atoms with Crippen LogP contribution in [0.1, 0.15) is 37.7 Å². The van der Waals surface area contributed by atoms with Gasteiger partial charge in [0.2, 0.25) is 5.91 Å². The van der Waals surface area contributed by atoms with Crippen molar-refractivity contribution in [1.29, 1.82) is 0 Å². The Bertz CT molecular complexity index is 791. The van der Waals surface area contributed by atoms with Gasteiger partial charge in [-0.25, -0.2) is 22.4 Å². The molecule has 2 N–H and O–H groups in total. The maximum atomic E-state index is 14.6. The second-order valence-corrected chi connectivity index (χ2v) is 7.07. The fourth-order valence-corrected chi connectivity index (χ4v) is 3.61. The van der Waals surface area contributed by atoms with E-state index in [9.17, 15) is 32.3 Å². The van der Waals surface area contributed by atoms with Crippen molar-refractivity contribution in [3.05, 3.63) is 29.1 Å². The third-order valence-corrected chi connectivity index (χ3v) is 5.06. The molecule has 2 fully saturated rings. The molecule has 2 amide bonds. The lowest BCUT2D eigenvalue weighted by Crippen LogP contribution is -2.33. The van der Waals surface area contributed by atoms with Crippen molar-refractivity contribution in [2.24, 2.45) is 0 Å². The number of halogens is 4. The van der Waals surface area contributed by atoms with Crippen LogP contribution in [-0.2, 0) is 9.53 Å². The van der Waals surface area contributed by atoms with Crippen LogP contribution >= 0.6 is 0 Å². The zero-order valence-electron chi connectivity index (χ0n) is 15.1. The number of benzene rings is 1. The topological polar surface area (TPSA) is 78.9 Å². The number of cyclic esters (lactones) is 1. The van der Waals surface area contributed by atoms with Crippen LogP contribution in [0.4, 0.5) is 28.0 Å². The minimum atomic E-state index is -1.65. The predicted molar refractivity (Wildman–Crippen MR) is 90.1 cm³/mol. The maximum absolute atomic E-state index is 14.6. The normalized spacial score (nSPS) is 27.6. The summed E-state index contributed by atoms with van der Waals surface area (Å²) in [6, 6.07) is 0.689. The van der Waals surface area contributed by atoms with Gasteiger partial charge in [0.1, 0.15) is 18.1 Å². The van der Waals surface area contributed by atoms with Crippen molar-refractivity contribution in [3.63, 3.8) is 0 Å². The lowest BCUT2D eigenvalue weighted by atomic mass is 9.81. The first-order chi connectivity index (χ1) is 13.2. The molecule has 1 aliphatic heterocycles. The van der Waals surface area contributed by atoms with E-state index in [0.29, 0.717) is 6.07 Å². The Hall–Kier alpha value is -2.36. The molecule has 154 valence electrons. The number of nitrogens with one attached hydrogen (secondary N) is 1. The Morgan fingerprint density at radius 1 is 1.32 bits per heavy atom. The number of hydrogen-bond donors (Lipinski definition) is 2. The third kappa shape index (κ3) is 3.91. The summed E-state index contributed by atoms with van der Waals surface area (Å²) in [6.07, 6.45) is -4.84. The van der Waals surface area contributed by atoms with Gasteiger partial charge in [0.25, 0.3) is 0 Å². The fourth-order valence-electron chi connectivity index (χ4n) is 3.61. The number of aliphatic hydroxyl groups excluding tert-OH is 1. The Labute approximate surface area is 158 Å². The molecule has 1 saturated heterocycles. The summed E-state index contributed by atoms with van der Waals surface area (Å²) in [5, 5.41) is 11.9. The van der Waals surface area contributed by atoms with E-state index in [1.54, 1.807) is 0 Å². The number of carbonyl (C=O) groups excluding carboxylic acids is 2. The first-order valence-corrected chi connectivity index (χ1v) is 8.91. The van der Waals surface area contributed by atoms with Gasteiger partial charge >= 0.3 is 6.09 Å². The molecule has 28 heavy (non-hydrogen) atoms. The van der Waals surface area contributed by atoms with Crippen LogP contribution in [0.25, 0.3) is 0 Å². The molecule has 6 nitrogen and oxygen atoms in total. The van der Waals surface area contributed by atoms with Gasteiger partial charge in [-0.1, -0.05) is 0 Å². The summed E-state index contributed by atoms with van der Waals surface area (Å²) in [5.41, 5.74) is -1.21. The predicted octanol–water partition coefficient (Wildman–Crippen LogP) is 2.53. The second kappa shape index (κ2) is 7.94. The largest absolute Gasteiger partial charge is 0.442 e. The minimum absolute atomic E-state index is 0.0113. The Balaban J connectivity index is 1.84. The molecule has 1 aromatic rings. The van der Waals surface area contributed by atoms with Gasteiger partial charge < -0.3 is 15.2 Å². The van der Waals surface area contributed by atoms with Gasteiger partial charge in [-0.15, -0.1) is 0 Å². The number of ether oxygens (including phenoxy) is 1. The Morgan fingerprint density at radius 2 is 2.04 bits per heavy atom. The zero-order chi connectivity index (χ0) is 20.6. The molecule has 2 unspecified atom stereocenters. The van der Waals surface area contributed by atoms with Crippen molar-refractivity contribution < 1.29 is 37.0 Å². The third-order valence-electron chi connectivity index (χ3n) is 5.06. The molecule has 0 spiro atoms. The van der Waals surface area contributed by atoms with E-state index in [0.717, 1.165) is 4.90 Å². The van der Waals surface area contributed by atoms with E-state index in [2.05, 4.69) is 5.32 Å². The molecule has 0 radical (unpaired) electrons. The van der Waals surface area contributed by atoms with E-state index in [1.165, 1.54) is 6.92 Å². The molecule has 2 aliphatic rings. The lowest BCUT2D eigenvalue weighted by Gasteiger charge is -2.29. The van der Waals surface area contributed by atoms with Gasteiger partial charge in [0.05, 0.1) is 24.9 Å². The quantitative estimate of drug-likeness (QED) is 0.597. The molecule has 1 heterocycles. The van der Waals surface area contributed by atoms with E-state index < -0.39 is 59.1 Å². The van der Waals surface area contributed by atoms with Crippen LogP contribution in [0.3, 0.4) is 0 Å². The lowest BCUT2D eigenvalue weighted by molar-refractivity contribution is -0.119. The van der Waals surface area contributed by atoms with Gasteiger partial charge in [0, 0.05) is 18.6 Å². The average molecular weight is 404 g/mol. The van der Waals surface area contributed by atoms with Crippen LogP contribution in [0.15, 0.2) is 6.07 Å². The number of alkyl halides is 1. The summed E-state index contributed by atoms with van der Waals surface area (Å²) in [4.78, 5) is 23.7. The van der Waals surface area contributed by atoms with Gasteiger partial charge in [-0.2, -0.15) is 0 Å². The Morgan fingerprint density at radius 3 is 2.68 bits per heavy atom. The molecule has 4 atom stereocenters. The Kier molecular flexibility index (Phi) is 5.78. The first-order valence-electron chi connectivity index (χ1n) is 8.91. The molecule has 0 aromatic heterocycles. The highest BCUT2D eigenvalue weighted by molar-refractivity contribution is 5.90. The summed E-state index contributed by atoms with van der Waals surface area (Å²) < 4.78 is 62.6. The minimum Gasteiger partial charge on any atom is -0.442 e. The average Bonchev–Trinajstić information content (AvgIpc) is 3.00. The van der Waals surface area contributed by atoms with E-state index in [-0.39, 0.29) is 38.3 Å². The van der Waals surface area contributed by atoms with Crippen LogP contribution in [-0.4, -0.2) is 48.6 Å². The van der Waals surface area contributed by atoms with Crippen LogP contribution in [0.5, 0.6) is 0 Å². The molecule has 1 saturated carbocycles. The molecular weight excluding hydrogens is 384 g/mol. The number of carbonyl (C=O) groups is 2. The summed E-state index contributed by atoms with van der Waals surface area (Å²) in [6.45, 7) is 1.05. The number of anilines is 1. The number of amides is 2. The van der Waals surface area contributed by atoms with Crippen molar-refractivity contribution in [2.45, 2.75) is 50.5 Å². The maximum Gasteiger partial charge on any atom is 0.414 e. The van der Waals surface area contributed by atoms with Crippen LogP contribution in [0.2, 0.25) is 0 Å². The number of hydrogen-bond acceptors (Lipinski definition) is 4. The van der Waals surface area contributed by atoms with Crippen LogP contribution in [0, 0.1) is 17.5 Å². The van der Waals surface area contributed by atoms with E-state index >= 15 is 0 Å². The number of nitrogens with zero attached hydrogens (tertiary/aromatic N) is 1. The highest BCUT2D eigenvalue weighted by Crippen LogP contribution is 2.40.